The Morgan fingerprint density at radius 1 is 1.38 bits per heavy atom. The van der Waals surface area contributed by atoms with Crippen LogP contribution in [0.3, 0.4) is 0 Å². The van der Waals surface area contributed by atoms with Gasteiger partial charge in [-0.25, -0.2) is 9.67 Å². The van der Waals surface area contributed by atoms with Crippen LogP contribution in [0.25, 0.3) is 16.9 Å². The Hall–Kier alpha value is -2.65. The maximum atomic E-state index is 12.2. The average molecular weight is 370 g/mol. The number of aromatic nitrogens is 5. The quantitative estimate of drug-likeness (QED) is 0.742. The van der Waals surface area contributed by atoms with Crippen LogP contribution >= 0.6 is 11.3 Å². The monoisotopic (exact) mass is 370 g/mol. The van der Waals surface area contributed by atoms with E-state index in [0.717, 1.165) is 42.8 Å². The van der Waals surface area contributed by atoms with E-state index in [4.69, 9.17) is 4.74 Å². The first-order chi connectivity index (χ1) is 12.8. The van der Waals surface area contributed by atoms with Crippen molar-refractivity contribution in [2.24, 2.45) is 0 Å². The molecule has 26 heavy (non-hydrogen) atoms. The molecule has 4 rings (SSSR count). The molecule has 1 saturated heterocycles. The minimum absolute atomic E-state index is 0.0242. The van der Waals surface area contributed by atoms with Crippen LogP contribution in [0.4, 0.5) is 5.13 Å². The van der Waals surface area contributed by atoms with Gasteiger partial charge in [0.15, 0.2) is 5.13 Å². The van der Waals surface area contributed by atoms with Gasteiger partial charge in [-0.2, -0.15) is 0 Å². The van der Waals surface area contributed by atoms with Crippen LogP contribution in [0.5, 0.6) is 0 Å². The minimum Gasteiger partial charge on any atom is -0.378 e. The maximum absolute atomic E-state index is 12.2. The molecular weight excluding hydrogens is 352 g/mol. The van der Waals surface area contributed by atoms with Crippen molar-refractivity contribution in [1.82, 2.24) is 25.2 Å². The second kappa shape index (κ2) is 7.71. The van der Waals surface area contributed by atoms with Gasteiger partial charge in [0, 0.05) is 17.6 Å². The van der Waals surface area contributed by atoms with Crippen LogP contribution < -0.4 is 5.32 Å². The van der Waals surface area contributed by atoms with Crippen LogP contribution in [0.15, 0.2) is 36.0 Å². The Bertz CT molecular complexity index is 873. The highest BCUT2D eigenvalue weighted by Gasteiger charge is 2.18. The first-order valence-electron chi connectivity index (χ1n) is 8.49. The third-order valence-corrected chi connectivity index (χ3v) is 4.95. The lowest BCUT2D eigenvalue weighted by molar-refractivity contribution is -0.119. The highest BCUT2D eigenvalue weighted by atomic mass is 32.1. The number of thiazole rings is 1. The van der Waals surface area contributed by atoms with Gasteiger partial charge in [-0.05, 0) is 41.8 Å². The Kier molecular flexibility index (Phi) is 4.98. The van der Waals surface area contributed by atoms with E-state index >= 15 is 0 Å². The number of carbonyl (C=O) groups is 1. The van der Waals surface area contributed by atoms with E-state index in [1.165, 1.54) is 11.3 Å². The predicted octanol–water partition coefficient (Wildman–Crippen LogP) is 2.68. The van der Waals surface area contributed by atoms with Gasteiger partial charge >= 0.3 is 0 Å². The summed E-state index contributed by atoms with van der Waals surface area (Å²) in [5, 5.41) is 16.6. The molecule has 0 saturated carbocycles. The van der Waals surface area contributed by atoms with E-state index < -0.39 is 0 Å². The van der Waals surface area contributed by atoms with Gasteiger partial charge in [-0.1, -0.05) is 12.1 Å². The van der Waals surface area contributed by atoms with E-state index in [1.54, 1.807) is 11.0 Å². The molecule has 1 fully saturated rings. The molecule has 0 bridgehead atoms. The van der Waals surface area contributed by atoms with Crippen molar-refractivity contribution in [3.63, 3.8) is 0 Å². The number of rotatable bonds is 5. The van der Waals surface area contributed by atoms with E-state index in [0.29, 0.717) is 11.6 Å². The Balaban J connectivity index is 1.43. The molecule has 1 amide bonds. The Morgan fingerprint density at radius 3 is 3.15 bits per heavy atom. The van der Waals surface area contributed by atoms with Gasteiger partial charge in [0.1, 0.15) is 6.33 Å². The smallest absolute Gasteiger partial charge is 0.228 e. The number of benzene rings is 1. The van der Waals surface area contributed by atoms with E-state index in [2.05, 4.69) is 25.8 Å². The molecule has 8 nitrogen and oxygen atoms in total. The zero-order chi connectivity index (χ0) is 17.8. The fraction of sp³-hybridized carbons (Fsp3) is 0.353. The zero-order valence-corrected chi connectivity index (χ0v) is 14.9. The van der Waals surface area contributed by atoms with Crippen molar-refractivity contribution in [2.75, 3.05) is 11.9 Å². The number of nitrogens with one attached hydrogen (secondary N) is 1. The number of anilines is 1. The van der Waals surface area contributed by atoms with Crippen LogP contribution in [-0.2, 0) is 9.53 Å². The van der Waals surface area contributed by atoms with E-state index in [1.807, 2.05) is 29.6 Å². The molecule has 1 N–H and O–H groups in total. The van der Waals surface area contributed by atoms with Gasteiger partial charge < -0.3 is 10.1 Å². The minimum atomic E-state index is -0.0553. The molecular formula is C17H18N6O2S. The fourth-order valence-electron chi connectivity index (χ4n) is 2.90. The van der Waals surface area contributed by atoms with Crippen molar-refractivity contribution in [1.29, 1.82) is 0 Å². The van der Waals surface area contributed by atoms with E-state index in [9.17, 15) is 4.79 Å². The first kappa shape index (κ1) is 16.8. The molecule has 2 aromatic heterocycles. The number of hydrogen-bond acceptors (Lipinski definition) is 7. The van der Waals surface area contributed by atoms with Gasteiger partial charge in [-0.3, -0.25) is 4.79 Å². The second-order valence-electron chi connectivity index (χ2n) is 6.08. The predicted molar refractivity (Wildman–Crippen MR) is 97.1 cm³/mol. The van der Waals surface area contributed by atoms with Gasteiger partial charge in [0.2, 0.25) is 5.91 Å². The van der Waals surface area contributed by atoms with E-state index in [-0.39, 0.29) is 12.0 Å². The molecule has 134 valence electrons. The lowest BCUT2D eigenvalue weighted by Gasteiger charge is -2.21. The summed E-state index contributed by atoms with van der Waals surface area (Å²) >= 11 is 1.41. The van der Waals surface area contributed by atoms with Gasteiger partial charge in [0.05, 0.1) is 23.9 Å². The van der Waals surface area contributed by atoms with Crippen molar-refractivity contribution >= 4 is 22.4 Å². The number of carbonyl (C=O) groups excluding carboxylic acids is 1. The normalized spacial score (nSPS) is 17.2. The van der Waals surface area contributed by atoms with Gasteiger partial charge in [0.25, 0.3) is 0 Å². The summed E-state index contributed by atoms with van der Waals surface area (Å²) < 4.78 is 7.20. The molecule has 1 atom stereocenters. The molecule has 1 aliphatic rings. The Labute approximate surface area is 154 Å². The van der Waals surface area contributed by atoms with Crippen LogP contribution in [-0.4, -0.2) is 43.8 Å². The number of ether oxygens (including phenoxy) is 1. The maximum Gasteiger partial charge on any atom is 0.228 e. The summed E-state index contributed by atoms with van der Waals surface area (Å²) in [6, 6.07) is 7.75. The highest BCUT2D eigenvalue weighted by Crippen LogP contribution is 2.26. The average Bonchev–Trinajstić information content (AvgIpc) is 3.35. The molecule has 3 aromatic rings. The largest absolute Gasteiger partial charge is 0.378 e. The lowest BCUT2D eigenvalue weighted by atomic mass is 10.1. The molecule has 0 aliphatic carbocycles. The molecule has 0 radical (unpaired) electrons. The van der Waals surface area contributed by atoms with Crippen LogP contribution in [0, 0.1) is 0 Å². The van der Waals surface area contributed by atoms with Crippen molar-refractivity contribution in [3.8, 4) is 16.9 Å². The number of tetrazole rings is 1. The molecule has 1 aromatic carbocycles. The van der Waals surface area contributed by atoms with Crippen LogP contribution in [0.2, 0.25) is 0 Å². The number of amides is 1. The number of hydrogen-bond donors (Lipinski definition) is 1. The molecule has 9 heteroatoms. The fourth-order valence-corrected chi connectivity index (χ4v) is 3.63. The van der Waals surface area contributed by atoms with Crippen molar-refractivity contribution < 1.29 is 9.53 Å². The lowest BCUT2D eigenvalue weighted by Crippen LogP contribution is -2.25. The topological polar surface area (TPSA) is 94.8 Å². The van der Waals surface area contributed by atoms with Gasteiger partial charge in [-0.15, -0.1) is 16.4 Å². The molecule has 1 unspecified atom stereocenters. The number of nitrogens with zero attached hydrogens (tertiary/aromatic N) is 5. The standard InChI is InChI=1S/C17H18N6O2S/c24-16(9-14-6-1-2-7-25-14)20-17-19-15(10-26-17)12-4-3-5-13(8-12)23-11-18-21-22-23/h3-5,8,10-11,14H,1-2,6-7,9H2,(H,19,20,24). The zero-order valence-electron chi connectivity index (χ0n) is 14.0. The summed E-state index contributed by atoms with van der Waals surface area (Å²) in [5.74, 6) is -0.0553. The third kappa shape index (κ3) is 3.94. The highest BCUT2D eigenvalue weighted by molar-refractivity contribution is 7.14. The summed E-state index contributed by atoms with van der Waals surface area (Å²) in [6.07, 6.45) is 5.09. The first-order valence-corrected chi connectivity index (χ1v) is 9.37. The summed E-state index contributed by atoms with van der Waals surface area (Å²) in [6.45, 7) is 0.747. The molecule has 1 aliphatic heterocycles. The molecule has 0 spiro atoms. The SMILES string of the molecule is O=C(CC1CCCCO1)Nc1nc(-c2cccc(-n3cnnn3)c2)cs1. The second-order valence-corrected chi connectivity index (χ2v) is 6.94. The summed E-state index contributed by atoms with van der Waals surface area (Å²) in [7, 11) is 0. The molecule has 3 heterocycles. The Morgan fingerprint density at radius 2 is 2.35 bits per heavy atom. The van der Waals surface area contributed by atoms with Crippen molar-refractivity contribution in [2.45, 2.75) is 31.8 Å². The van der Waals surface area contributed by atoms with Crippen molar-refractivity contribution in [3.05, 3.63) is 36.0 Å². The summed E-state index contributed by atoms with van der Waals surface area (Å²) in [4.78, 5) is 16.7. The summed E-state index contributed by atoms with van der Waals surface area (Å²) in [5.41, 5.74) is 2.58. The third-order valence-electron chi connectivity index (χ3n) is 4.19. The van der Waals surface area contributed by atoms with Crippen LogP contribution in [0.1, 0.15) is 25.7 Å².